The number of thioether (sulfide) groups is 1. The molecule has 0 spiro atoms. The number of anilines is 1. The Kier molecular flexibility index (Phi) is 4.32. The number of hydrogen-bond donors (Lipinski definition) is 1. The van der Waals surface area contributed by atoms with Gasteiger partial charge in [-0.25, -0.2) is 4.39 Å². The molecule has 0 aromatic heterocycles. The third kappa shape index (κ3) is 3.63. The van der Waals surface area contributed by atoms with Crippen molar-refractivity contribution < 1.29 is 4.39 Å². The summed E-state index contributed by atoms with van der Waals surface area (Å²) in [5, 5.41) is 0.638. The van der Waals surface area contributed by atoms with Crippen molar-refractivity contribution in [1.29, 1.82) is 0 Å². The monoisotopic (exact) mass is 253 g/mol. The van der Waals surface area contributed by atoms with Crippen molar-refractivity contribution in [3.63, 3.8) is 0 Å². The van der Waals surface area contributed by atoms with Gasteiger partial charge in [0.15, 0.2) is 0 Å². The minimum Gasteiger partial charge on any atom is -0.399 e. The van der Waals surface area contributed by atoms with E-state index in [1.165, 1.54) is 38.2 Å². The van der Waals surface area contributed by atoms with Crippen molar-refractivity contribution in [3.8, 4) is 0 Å². The van der Waals surface area contributed by atoms with E-state index in [0.717, 1.165) is 10.8 Å². The molecular formula is C14H20FNS. The van der Waals surface area contributed by atoms with E-state index >= 15 is 0 Å². The molecule has 94 valence electrons. The van der Waals surface area contributed by atoms with Crippen LogP contribution in [-0.2, 0) is 0 Å². The SMILES string of the molecule is CCC1CCC(Sc2cc(N)cc(F)c2)CC1. The maximum Gasteiger partial charge on any atom is 0.126 e. The van der Waals surface area contributed by atoms with E-state index in [4.69, 9.17) is 5.73 Å². The number of halogens is 1. The Labute approximate surface area is 107 Å². The molecule has 1 saturated carbocycles. The van der Waals surface area contributed by atoms with Gasteiger partial charge in [0.25, 0.3) is 0 Å². The fourth-order valence-corrected chi connectivity index (χ4v) is 3.78. The summed E-state index contributed by atoms with van der Waals surface area (Å²) in [6.45, 7) is 2.27. The lowest BCUT2D eigenvalue weighted by molar-refractivity contribution is 0.356. The molecule has 1 aliphatic rings. The van der Waals surface area contributed by atoms with Crippen molar-refractivity contribution in [2.24, 2.45) is 5.92 Å². The highest BCUT2D eigenvalue weighted by Crippen LogP contribution is 2.37. The van der Waals surface area contributed by atoms with Crippen molar-refractivity contribution in [2.45, 2.75) is 49.2 Å². The highest BCUT2D eigenvalue weighted by molar-refractivity contribution is 8.00. The molecule has 3 heteroatoms. The molecule has 0 amide bonds. The van der Waals surface area contributed by atoms with Crippen molar-refractivity contribution in [2.75, 3.05) is 5.73 Å². The lowest BCUT2D eigenvalue weighted by Gasteiger charge is -2.27. The average molecular weight is 253 g/mol. The van der Waals surface area contributed by atoms with E-state index in [2.05, 4.69) is 6.92 Å². The molecule has 1 nitrogen and oxygen atoms in total. The third-order valence-corrected chi connectivity index (χ3v) is 4.88. The highest BCUT2D eigenvalue weighted by Gasteiger charge is 2.20. The van der Waals surface area contributed by atoms with Gasteiger partial charge >= 0.3 is 0 Å². The number of benzene rings is 1. The number of hydrogen-bond acceptors (Lipinski definition) is 2. The van der Waals surface area contributed by atoms with Gasteiger partial charge in [-0.3, -0.25) is 0 Å². The molecule has 0 radical (unpaired) electrons. The van der Waals surface area contributed by atoms with E-state index in [9.17, 15) is 4.39 Å². The standard InChI is InChI=1S/C14H20FNS/c1-2-10-3-5-13(6-4-10)17-14-8-11(15)7-12(16)9-14/h7-10,13H,2-6,16H2,1H3. The van der Waals surface area contributed by atoms with Crippen LogP contribution in [0.2, 0.25) is 0 Å². The van der Waals surface area contributed by atoms with Crippen molar-refractivity contribution >= 4 is 17.4 Å². The summed E-state index contributed by atoms with van der Waals surface area (Å²) in [7, 11) is 0. The first-order chi connectivity index (χ1) is 8.17. The predicted molar refractivity (Wildman–Crippen MR) is 72.7 cm³/mol. The summed E-state index contributed by atoms with van der Waals surface area (Å²) in [6, 6.07) is 4.84. The van der Waals surface area contributed by atoms with Gasteiger partial charge in [-0.15, -0.1) is 11.8 Å². The first-order valence-corrected chi connectivity index (χ1v) is 7.28. The van der Waals surface area contributed by atoms with Crippen LogP contribution >= 0.6 is 11.8 Å². The molecule has 2 N–H and O–H groups in total. The Hall–Kier alpha value is -0.700. The largest absolute Gasteiger partial charge is 0.399 e. The zero-order valence-electron chi connectivity index (χ0n) is 10.3. The van der Waals surface area contributed by atoms with Gasteiger partial charge in [0, 0.05) is 15.8 Å². The second kappa shape index (κ2) is 5.76. The Morgan fingerprint density at radius 3 is 2.53 bits per heavy atom. The van der Waals surface area contributed by atoms with Crippen LogP contribution < -0.4 is 5.73 Å². The smallest absolute Gasteiger partial charge is 0.126 e. The van der Waals surface area contributed by atoms with Crippen molar-refractivity contribution in [3.05, 3.63) is 24.0 Å². The molecule has 1 fully saturated rings. The summed E-state index contributed by atoms with van der Waals surface area (Å²) < 4.78 is 13.2. The summed E-state index contributed by atoms with van der Waals surface area (Å²) in [5.74, 6) is 0.680. The zero-order chi connectivity index (χ0) is 12.3. The van der Waals surface area contributed by atoms with Gasteiger partial charge in [-0.05, 0) is 49.8 Å². The average Bonchev–Trinajstić information content (AvgIpc) is 2.28. The normalized spacial score (nSPS) is 24.8. The Morgan fingerprint density at radius 1 is 1.24 bits per heavy atom. The third-order valence-electron chi connectivity index (χ3n) is 3.57. The van der Waals surface area contributed by atoms with Crippen LogP contribution in [0.1, 0.15) is 39.0 Å². The Bertz CT molecular complexity index is 352. The molecule has 0 saturated heterocycles. The molecule has 0 heterocycles. The van der Waals surface area contributed by atoms with Crippen LogP contribution in [0.3, 0.4) is 0 Å². The van der Waals surface area contributed by atoms with Crippen LogP contribution in [0.25, 0.3) is 0 Å². The minimum absolute atomic E-state index is 0.227. The van der Waals surface area contributed by atoms with Gasteiger partial charge in [0.05, 0.1) is 0 Å². The Balaban J connectivity index is 1.93. The summed E-state index contributed by atoms with van der Waals surface area (Å²) in [4.78, 5) is 0.974. The molecule has 0 bridgehead atoms. The maximum absolute atomic E-state index is 13.2. The predicted octanol–water partition coefficient (Wildman–Crippen LogP) is 4.47. The van der Waals surface area contributed by atoms with E-state index in [1.54, 1.807) is 17.8 Å². The van der Waals surface area contributed by atoms with Crippen LogP contribution in [0.5, 0.6) is 0 Å². The number of nitrogen functional groups attached to an aromatic ring is 1. The summed E-state index contributed by atoms with van der Waals surface area (Å²) in [6.07, 6.45) is 6.43. The van der Waals surface area contributed by atoms with E-state index in [-0.39, 0.29) is 5.82 Å². The Morgan fingerprint density at radius 2 is 1.94 bits per heavy atom. The van der Waals surface area contributed by atoms with Crippen LogP contribution in [0, 0.1) is 11.7 Å². The summed E-state index contributed by atoms with van der Waals surface area (Å²) in [5.41, 5.74) is 6.18. The second-order valence-corrected chi connectivity index (χ2v) is 6.26. The van der Waals surface area contributed by atoms with Gasteiger partial charge in [0.1, 0.15) is 5.82 Å². The van der Waals surface area contributed by atoms with E-state index in [1.807, 2.05) is 6.07 Å². The van der Waals surface area contributed by atoms with Gasteiger partial charge in [-0.1, -0.05) is 13.3 Å². The van der Waals surface area contributed by atoms with Gasteiger partial charge < -0.3 is 5.73 Å². The highest BCUT2D eigenvalue weighted by atomic mass is 32.2. The molecule has 17 heavy (non-hydrogen) atoms. The topological polar surface area (TPSA) is 26.0 Å². The lowest BCUT2D eigenvalue weighted by atomic mass is 9.87. The first kappa shape index (κ1) is 12.7. The molecule has 0 unspecified atom stereocenters. The number of rotatable bonds is 3. The van der Waals surface area contributed by atoms with Gasteiger partial charge in [-0.2, -0.15) is 0 Å². The maximum atomic E-state index is 13.2. The molecule has 1 aromatic rings. The quantitative estimate of drug-likeness (QED) is 0.804. The molecule has 2 rings (SSSR count). The van der Waals surface area contributed by atoms with E-state index < -0.39 is 0 Å². The molecule has 1 aromatic carbocycles. The van der Waals surface area contributed by atoms with Crippen LogP contribution in [0.4, 0.5) is 10.1 Å². The zero-order valence-corrected chi connectivity index (χ0v) is 11.1. The lowest BCUT2D eigenvalue weighted by Crippen LogP contribution is -2.15. The minimum atomic E-state index is -0.227. The molecule has 0 aliphatic heterocycles. The van der Waals surface area contributed by atoms with Crippen LogP contribution in [0.15, 0.2) is 23.1 Å². The molecule has 1 aliphatic carbocycles. The molecule has 0 atom stereocenters. The van der Waals surface area contributed by atoms with Crippen LogP contribution in [-0.4, -0.2) is 5.25 Å². The van der Waals surface area contributed by atoms with Crippen molar-refractivity contribution in [1.82, 2.24) is 0 Å². The first-order valence-electron chi connectivity index (χ1n) is 6.40. The summed E-state index contributed by atoms with van der Waals surface area (Å²) >= 11 is 1.79. The van der Waals surface area contributed by atoms with Gasteiger partial charge in [0.2, 0.25) is 0 Å². The fourth-order valence-electron chi connectivity index (χ4n) is 2.50. The fraction of sp³-hybridized carbons (Fsp3) is 0.571. The molecular weight excluding hydrogens is 233 g/mol. The van der Waals surface area contributed by atoms with E-state index in [0.29, 0.717) is 10.9 Å². The number of nitrogens with two attached hydrogens (primary N) is 1. The second-order valence-electron chi connectivity index (χ2n) is 4.89.